The Labute approximate surface area is 195 Å². The zero-order valence-corrected chi connectivity index (χ0v) is 19.1. The molecule has 0 radical (unpaired) electrons. The van der Waals surface area contributed by atoms with Crippen LogP contribution in [-0.2, 0) is 22.5 Å². The minimum Gasteiger partial charge on any atom is -0.490 e. The number of nitrogens with one attached hydrogen (secondary N) is 1. The molecule has 4 rings (SSSR count). The minimum atomic E-state index is -0.599. The maximum Gasteiger partial charge on any atom is 0.339 e. The highest BCUT2D eigenvalue weighted by atomic mass is 16.6. The molecule has 2 aromatic carbocycles. The Hall–Kier alpha value is -4.05. The van der Waals surface area contributed by atoms with Crippen molar-refractivity contribution in [2.45, 2.75) is 19.9 Å². The number of methoxy groups -OCH3 is 1. The van der Waals surface area contributed by atoms with Crippen molar-refractivity contribution in [2.24, 2.45) is 0 Å². The molecular formula is C24H24N4O6. The summed E-state index contributed by atoms with van der Waals surface area (Å²) in [7, 11) is 3.28. The molecule has 0 bridgehead atoms. The zero-order chi connectivity index (χ0) is 24.4. The Balaban J connectivity index is 1.54. The average Bonchev–Trinajstić information content (AvgIpc) is 2.82. The lowest BCUT2D eigenvalue weighted by Gasteiger charge is -2.26. The van der Waals surface area contributed by atoms with Gasteiger partial charge < -0.3 is 19.7 Å². The van der Waals surface area contributed by atoms with Crippen LogP contribution in [0.5, 0.6) is 5.75 Å². The Kier molecular flexibility index (Phi) is 6.42. The second-order valence-electron chi connectivity index (χ2n) is 8.14. The SMILES string of the molecule is COc1cc(NC(=O)COC(=O)c2c3c(nc4ccccc24)CCN(C)C3)c(C)cc1[N+](=O)[O-]. The van der Waals surface area contributed by atoms with Crippen LogP contribution in [0.4, 0.5) is 11.4 Å². The fraction of sp³-hybridized carbons (Fsp3) is 0.292. The molecule has 34 heavy (non-hydrogen) atoms. The van der Waals surface area contributed by atoms with Crippen molar-refractivity contribution in [3.8, 4) is 5.75 Å². The van der Waals surface area contributed by atoms with E-state index in [-0.39, 0.29) is 11.4 Å². The molecule has 2 heterocycles. The number of rotatable bonds is 6. The summed E-state index contributed by atoms with van der Waals surface area (Å²) in [5.74, 6) is -1.16. The van der Waals surface area contributed by atoms with Gasteiger partial charge in [-0.1, -0.05) is 18.2 Å². The van der Waals surface area contributed by atoms with E-state index < -0.39 is 23.4 Å². The molecule has 0 unspecified atom stereocenters. The monoisotopic (exact) mass is 464 g/mol. The molecule has 1 aliphatic heterocycles. The molecule has 0 saturated heterocycles. The predicted octanol–water partition coefficient (Wildman–Crippen LogP) is 3.24. The van der Waals surface area contributed by atoms with Gasteiger partial charge in [0.1, 0.15) is 0 Å². The number of anilines is 1. The summed E-state index contributed by atoms with van der Waals surface area (Å²) in [6, 6.07) is 10.0. The first-order valence-electron chi connectivity index (χ1n) is 10.7. The summed E-state index contributed by atoms with van der Waals surface area (Å²) < 4.78 is 10.4. The number of para-hydroxylation sites is 1. The third-order valence-corrected chi connectivity index (χ3v) is 5.77. The first kappa shape index (κ1) is 23.1. The van der Waals surface area contributed by atoms with Crippen LogP contribution >= 0.6 is 0 Å². The van der Waals surface area contributed by atoms with Gasteiger partial charge in [-0.2, -0.15) is 0 Å². The number of nitro groups is 1. The lowest BCUT2D eigenvalue weighted by atomic mass is 9.96. The maximum atomic E-state index is 13.1. The normalized spacial score (nSPS) is 13.3. The largest absolute Gasteiger partial charge is 0.490 e. The molecule has 0 spiro atoms. The molecule has 3 aromatic rings. The lowest BCUT2D eigenvalue weighted by Crippen LogP contribution is -2.30. The van der Waals surface area contributed by atoms with E-state index in [1.54, 1.807) is 6.92 Å². The van der Waals surface area contributed by atoms with E-state index in [9.17, 15) is 19.7 Å². The molecule has 176 valence electrons. The summed E-state index contributed by atoms with van der Waals surface area (Å²) in [6.45, 7) is 2.51. The van der Waals surface area contributed by atoms with Gasteiger partial charge in [0.2, 0.25) is 0 Å². The van der Waals surface area contributed by atoms with Gasteiger partial charge in [-0.25, -0.2) is 4.79 Å². The first-order chi connectivity index (χ1) is 16.3. The second kappa shape index (κ2) is 9.44. The van der Waals surface area contributed by atoms with E-state index in [1.807, 2.05) is 31.3 Å². The summed E-state index contributed by atoms with van der Waals surface area (Å²) in [5, 5.41) is 14.5. The van der Waals surface area contributed by atoms with Crippen LogP contribution in [0.3, 0.4) is 0 Å². The molecule has 1 N–H and O–H groups in total. The molecule has 1 aliphatic rings. The van der Waals surface area contributed by atoms with Crippen molar-refractivity contribution >= 4 is 34.2 Å². The molecule has 1 aromatic heterocycles. The van der Waals surface area contributed by atoms with Gasteiger partial charge in [-0.15, -0.1) is 0 Å². The summed E-state index contributed by atoms with van der Waals surface area (Å²) in [5.41, 5.74) is 3.41. The number of benzene rings is 2. The number of aromatic nitrogens is 1. The smallest absolute Gasteiger partial charge is 0.339 e. The first-order valence-corrected chi connectivity index (χ1v) is 10.7. The van der Waals surface area contributed by atoms with E-state index in [0.29, 0.717) is 34.3 Å². The average molecular weight is 464 g/mol. The van der Waals surface area contributed by atoms with Crippen LogP contribution in [0.15, 0.2) is 36.4 Å². The molecule has 0 atom stereocenters. The molecule has 10 heteroatoms. The van der Waals surface area contributed by atoms with Crippen LogP contribution in [0.1, 0.15) is 27.2 Å². The number of carbonyl (C=O) groups is 2. The number of nitro benzene ring substituents is 1. The van der Waals surface area contributed by atoms with E-state index in [1.165, 1.54) is 19.2 Å². The second-order valence-corrected chi connectivity index (χ2v) is 8.14. The van der Waals surface area contributed by atoms with Crippen LogP contribution in [-0.4, -0.2) is 54.0 Å². The van der Waals surface area contributed by atoms with E-state index in [2.05, 4.69) is 10.2 Å². The quantitative estimate of drug-likeness (QED) is 0.335. The van der Waals surface area contributed by atoms with Gasteiger partial charge in [-0.3, -0.25) is 19.9 Å². The van der Waals surface area contributed by atoms with Crippen molar-refractivity contribution < 1.29 is 24.0 Å². The number of nitrogens with zero attached hydrogens (tertiary/aromatic N) is 3. The third kappa shape index (κ3) is 4.53. The van der Waals surface area contributed by atoms with Crippen molar-refractivity contribution in [2.75, 3.05) is 32.6 Å². The molecule has 0 fully saturated rings. The Morgan fingerprint density at radius 3 is 2.76 bits per heavy atom. The van der Waals surface area contributed by atoms with E-state index in [0.717, 1.165) is 24.2 Å². The van der Waals surface area contributed by atoms with Crippen molar-refractivity contribution in [1.29, 1.82) is 0 Å². The molecule has 0 saturated carbocycles. The number of aryl methyl sites for hydroxylation is 1. The van der Waals surface area contributed by atoms with Crippen molar-refractivity contribution in [3.63, 3.8) is 0 Å². The van der Waals surface area contributed by atoms with Gasteiger partial charge in [0.15, 0.2) is 12.4 Å². The number of hydrogen-bond donors (Lipinski definition) is 1. The third-order valence-electron chi connectivity index (χ3n) is 5.77. The highest BCUT2D eigenvalue weighted by molar-refractivity contribution is 6.06. The molecule has 1 amide bonds. The number of likely N-dealkylation sites (N-methyl/N-ethyl adjacent to an activating group) is 1. The highest BCUT2D eigenvalue weighted by Crippen LogP contribution is 2.33. The summed E-state index contributed by atoms with van der Waals surface area (Å²) >= 11 is 0. The van der Waals surface area contributed by atoms with Gasteiger partial charge in [-0.05, 0) is 25.6 Å². The number of fused-ring (bicyclic) bond motifs is 2. The van der Waals surface area contributed by atoms with Crippen LogP contribution < -0.4 is 10.1 Å². The van der Waals surface area contributed by atoms with Crippen LogP contribution in [0, 0.1) is 17.0 Å². The number of carbonyl (C=O) groups excluding carboxylic acids is 2. The van der Waals surface area contributed by atoms with Crippen molar-refractivity contribution in [1.82, 2.24) is 9.88 Å². The minimum absolute atomic E-state index is 0.0156. The Morgan fingerprint density at radius 2 is 2.03 bits per heavy atom. The van der Waals surface area contributed by atoms with Crippen LogP contribution in [0.25, 0.3) is 10.9 Å². The predicted molar refractivity (Wildman–Crippen MR) is 125 cm³/mol. The topological polar surface area (TPSA) is 124 Å². The number of pyridine rings is 1. The number of hydrogen-bond acceptors (Lipinski definition) is 8. The van der Waals surface area contributed by atoms with Crippen LogP contribution in [0.2, 0.25) is 0 Å². The van der Waals surface area contributed by atoms with Gasteiger partial charge in [0.05, 0.1) is 23.1 Å². The Bertz CT molecular complexity index is 1310. The number of esters is 1. The summed E-state index contributed by atoms with van der Waals surface area (Å²) in [4.78, 5) is 43.1. The van der Waals surface area contributed by atoms with Gasteiger partial charge >= 0.3 is 11.7 Å². The molecule has 10 nitrogen and oxygen atoms in total. The van der Waals surface area contributed by atoms with E-state index >= 15 is 0 Å². The zero-order valence-electron chi connectivity index (χ0n) is 19.1. The fourth-order valence-electron chi connectivity index (χ4n) is 4.06. The highest BCUT2D eigenvalue weighted by Gasteiger charge is 2.26. The molecule has 0 aliphatic carbocycles. The molecular weight excluding hydrogens is 440 g/mol. The summed E-state index contributed by atoms with van der Waals surface area (Å²) in [6.07, 6.45) is 0.721. The standard InChI is InChI=1S/C24H24N4O6/c1-14-10-20(28(31)32)21(33-3)11-19(14)26-22(29)13-34-24(30)23-15-6-4-5-7-17(15)25-18-8-9-27(2)12-16(18)23/h4-7,10-11H,8-9,12-13H2,1-3H3,(H,26,29). The number of amides is 1. The van der Waals surface area contributed by atoms with Gasteiger partial charge in [0.25, 0.3) is 5.91 Å². The number of ether oxygens (including phenoxy) is 2. The Morgan fingerprint density at radius 1 is 1.26 bits per heavy atom. The van der Waals surface area contributed by atoms with E-state index in [4.69, 9.17) is 14.5 Å². The van der Waals surface area contributed by atoms with Crippen molar-refractivity contribution in [3.05, 3.63) is 68.9 Å². The lowest BCUT2D eigenvalue weighted by molar-refractivity contribution is -0.385. The fourth-order valence-corrected chi connectivity index (χ4v) is 4.06. The maximum absolute atomic E-state index is 13.1. The van der Waals surface area contributed by atoms with Gasteiger partial charge in [0, 0.05) is 54.0 Å².